The summed E-state index contributed by atoms with van der Waals surface area (Å²) in [6, 6.07) is 12.2. The molecule has 1 aliphatic heterocycles. The van der Waals surface area contributed by atoms with E-state index in [1.54, 1.807) is 23.9 Å². The minimum atomic E-state index is -0.716. The fourth-order valence-electron chi connectivity index (χ4n) is 3.73. The molecule has 1 unspecified atom stereocenters. The van der Waals surface area contributed by atoms with Crippen LogP contribution in [0.5, 0.6) is 5.75 Å². The maximum Gasteiger partial charge on any atom is 0.251 e. The monoisotopic (exact) mass is 438 g/mol. The van der Waals surface area contributed by atoms with Crippen LogP contribution in [0.25, 0.3) is 11.1 Å². The predicted molar refractivity (Wildman–Crippen MR) is 121 cm³/mol. The molecule has 160 valence electrons. The van der Waals surface area contributed by atoms with Gasteiger partial charge in [0.25, 0.3) is 5.91 Å². The number of amides is 2. The summed E-state index contributed by atoms with van der Waals surface area (Å²) < 4.78 is 6.86. The number of aromatic nitrogens is 2. The molecule has 2 amide bonds. The van der Waals surface area contributed by atoms with E-state index in [1.807, 2.05) is 44.2 Å². The number of halogens is 1. The second kappa shape index (κ2) is 8.43. The van der Waals surface area contributed by atoms with Gasteiger partial charge >= 0.3 is 0 Å². The second-order valence-electron chi connectivity index (χ2n) is 7.41. The molecule has 2 N–H and O–H groups in total. The van der Waals surface area contributed by atoms with E-state index in [2.05, 4.69) is 15.7 Å². The van der Waals surface area contributed by atoms with Crippen LogP contribution in [0.15, 0.2) is 42.5 Å². The number of carbonyl (C=O) groups is 2. The van der Waals surface area contributed by atoms with Gasteiger partial charge in [-0.1, -0.05) is 36.7 Å². The minimum absolute atomic E-state index is 0.0301. The Hall–Kier alpha value is -3.32. The Balaban J connectivity index is 1.61. The molecule has 0 saturated heterocycles. The average Bonchev–Trinajstić information content (AvgIpc) is 3.26. The van der Waals surface area contributed by atoms with E-state index in [9.17, 15) is 9.59 Å². The molecule has 0 spiro atoms. The summed E-state index contributed by atoms with van der Waals surface area (Å²) >= 11 is 6.04. The molecule has 7 nitrogen and oxygen atoms in total. The van der Waals surface area contributed by atoms with Gasteiger partial charge in [-0.15, -0.1) is 0 Å². The number of carbonyl (C=O) groups excluding carboxylic acids is 2. The molecular weight excluding hydrogens is 416 g/mol. The number of ether oxygens (including phenoxy) is 1. The van der Waals surface area contributed by atoms with Gasteiger partial charge in [-0.05, 0) is 48.7 Å². The van der Waals surface area contributed by atoms with Crippen molar-refractivity contribution in [3.63, 3.8) is 0 Å². The summed E-state index contributed by atoms with van der Waals surface area (Å²) in [7, 11) is 1.62. The standard InChI is InChI=1S/C23H23ClN4O3/c1-4-17-21(14-6-9-16(31-3)10-7-14)22-26-23(30)19(28(22)27-17)12-20(29)25-18-11-15(24)8-5-13(18)2/h5-11,19H,4,12H2,1-3H3,(H,25,29)(H,26,30). The number of methoxy groups -OCH3 is 1. The van der Waals surface area contributed by atoms with Gasteiger partial charge in [-0.3, -0.25) is 9.59 Å². The lowest BCUT2D eigenvalue weighted by atomic mass is 10.0. The molecule has 0 bridgehead atoms. The number of fused-ring (bicyclic) bond motifs is 1. The molecule has 4 rings (SSSR count). The maximum absolute atomic E-state index is 12.7. The number of anilines is 2. The topological polar surface area (TPSA) is 85.2 Å². The molecule has 0 radical (unpaired) electrons. The normalized spacial score (nSPS) is 14.8. The van der Waals surface area contributed by atoms with Gasteiger partial charge in [0.05, 0.1) is 19.2 Å². The molecule has 1 aliphatic rings. The van der Waals surface area contributed by atoms with Crippen LogP contribution in [0.3, 0.4) is 0 Å². The first-order chi connectivity index (χ1) is 14.9. The molecule has 3 aromatic rings. The van der Waals surface area contributed by atoms with Crippen LogP contribution in [0.1, 0.15) is 30.6 Å². The summed E-state index contributed by atoms with van der Waals surface area (Å²) in [5.74, 6) is 0.833. The Labute approximate surface area is 185 Å². The summed E-state index contributed by atoms with van der Waals surface area (Å²) in [6.07, 6.45) is 0.662. The molecule has 0 saturated carbocycles. The van der Waals surface area contributed by atoms with Crippen LogP contribution in [0.2, 0.25) is 5.02 Å². The first-order valence-corrected chi connectivity index (χ1v) is 10.4. The van der Waals surface area contributed by atoms with Crippen LogP contribution in [0, 0.1) is 6.92 Å². The number of nitrogens with one attached hydrogen (secondary N) is 2. The number of rotatable bonds is 6. The Morgan fingerprint density at radius 1 is 1.26 bits per heavy atom. The Morgan fingerprint density at radius 2 is 2.00 bits per heavy atom. The van der Waals surface area contributed by atoms with E-state index < -0.39 is 6.04 Å². The van der Waals surface area contributed by atoms with Crippen LogP contribution in [-0.4, -0.2) is 28.7 Å². The summed E-state index contributed by atoms with van der Waals surface area (Å²) in [4.78, 5) is 25.4. The zero-order chi connectivity index (χ0) is 22.1. The van der Waals surface area contributed by atoms with Gasteiger partial charge in [0, 0.05) is 16.3 Å². The number of nitrogens with zero attached hydrogens (tertiary/aromatic N) is 2. The number of aryl methyl sites for hydroxylation is 2. The molecule has 2 heterocycles. The highest BCUT2D eigenvalue weighted by Gasteiger charge is 2.36. The molecule has 1 aromatic heterocycles. The molecule has 1 atom stereocenters. The van der Waals surface area contributed by atoms with Gasteiger partial charge in [-0.2, -0.15) is 5.10 Å². The average molecular weight is 439 g/mol. The Kier molecular flexibility index (Phi) is 5.69. The van der Waals surface area contributed by atoms with Crippen molar-refractivity contribution in [2.24, 2.45) is 0 Å². The van der Waals surface area contributed by atoms with Crippen molar-refractivity contribution in [3.8, 4) is 16.9 Å². The van der Waals surface area contributed by atoms with Gasteiger partial charge in [0.2, 0.25) is 5.91 Å². The van der Waals surface area contributed by atoms with Gasteiger partial charge in [-0.25, -0.2) is 4.68 Å². The van der Waals surface area contributed by atoms with Crippen molar-refractivity contribution in [1.82, 2.24) is 9.78 Å². The van der Waals surface area contributed by atoms with Crippen molar-refractivity contribution >= 4 is 34.9 Å². The Bertz CT molecular complexity index is 1150. The van der Waals surface area contributed by atoms with Gasteiger partial charge < -0.3 is 15.4 Å². The van der Waals surface area contributed by atoms with Crippen LogP contribution in [0.4, 0.5) is 11.5 Å². The van der Waals surface area contributed by atoms with Crippen LogP contribution in [-0.2, 0) is 16.0 Å². The first kappa shape index (κ1) is 20.9. The minimum Gasteiger partial charge on any atom is -0.497 e. The highest BCUT2D eigenvalue weighted by molar-refractivity contribution is 6.31. The van der Waals surface area contributed by atoms with Gasteiger partial charge in [0.15, 0.2) is 0 Å². The lowest BCUT2D eigenvalue weighted by Crippen LogP contribution is -2.24. The number of hydrogen-bond donors (Lipinski definition) is 2. The zero-order valence-electron chi connectivity index (χ0n) is 17.5. The third-order valence-electron chi connectivity index (χ3n) is 5.39. The summed E-state index contributed by atoms with van der Waals surface area (Å²) in [6.45, 7) is 3.89. The van der Waals surface area contributed by atoms with Crippen molar-refractivity contribution < 1.29 is 14.3 Å². The smallest absolute Gasteiger partial charge is 0.251 e. The number of hydrogen-bond acceptors (Lipinski definition) is 4. The molecule has 0 aliphatic carbocycles. The fourth-order valence-corrected chi connectivity index (χ4v) is 3.90. The fraction of sp³-hybridized carbons (Fsp3) is 0.261. The summed E-state index contributed by atoms with van der Waals surface area (Å²) in [5, 5.41) is 11.0. The first-order valence-electron chi connectivity index (χ1n) is 10.0. The molecular formula is C23H23ClN4O3. The predicted octanol–water partition coefficient (Wildman–Crippen LogP) is 4.60. The SMILES string of the molecule is CCc1nn2c(c1-c1ccc(OC)cc1)NC(=O)C2CC(=O)Nc1cc(Cl)ccc1C. The van der Waals surface area contributed by atoms with E-state index in [4.69, 9.17) is 16.3 Å². The zero-order valence-corrected chi connectivity index (χ0v) is 18.3. The van der Waals surface area contributed by atoms with Crippen LogP contribution < -0.4 is 15.4 Å². The quantitative estimate of drug-likeness (QED) is 0.588. The van der Waals surface area contributed by atoms with E-state index >= 15 is 0 Å². The highest BCUT2D eigenvalue weighted by Crippen LogP contribution is 2.39. The number of benzene rings is 2. The molecule has 8 heteroatoms. The van der Waals surface area contributed by atoms with Gasteiger partial charge in [0.1, 0.15) is 17.6 Å². The van der Waals surface area contributed by atoms with Crippen molar-refractivity contribution in [3.05, 3.63) is 58.7 Å². The molecule has 0 fully saturated rings. The lowest BCUT2D eigenvalue weighted by molar-refractivity contribution is -0.123. The maximum atomic E-state index is 12.7. The largest absolute Gasteiger partial charge is 0.497 e. The molecule has 2 aromatic carbocycles. The molecule has 31 heavy (non-hydrogen) atoms. The van der Waals surface area contributed by atoms with Crippen molar-refractivity contribution in [2.75, 3.05) is 17.7 Å². The van der Waals surface area contributed by atoms with E-state index in [-0.39, 0.29) is 18.2 Å². The van der Waals surface area contributed by atoms with E-state index in [0.717, 1.165) is 28.1 Å². The van der Waals surface area contributed by atoms with Crippen LogP contribution >= 0.6 is 11.6 Å². The van der Waals surface area contributed by atoms with E-state index in [1.165, 1.54) is 0 Å². The third-order valence-corrected chi connectivity index (χ3v) is 5.62. The Morgan fingerprint density at radius 3 is 2.68 bits per heavy atom. The third kappa shape index (κ3) is 4.01. The lowest BCUT2D eigenvalue weighted by Gasteiger charge is -2.12. The second-order valence-corrected chi connectivity index (χ2v) is 7.85. The van der Waals surface area contributed by atoms with Crippen molar-refractivity contribution in [1.29, 1.82) is 0 Å². The van der Waals surface area contributed by atoms with Crippen molar-refractivity contribution in [2.45, 2.75) is 32.7 Å². The highest BCUT2D eigenvalue weighted by atomic mass is 35.5. The van der Waals surface area contributed by atoms with E-state index in [0.29, 0.717) is 22.9 Å². The summed E-state index contributed by atoms with van der Waals surface area (Å²) in [5.41, 5.74) is 4.18.